The number of nitrogens with zero attached hydrogens (tertiary/aromatic N) is 2. The van der Waals surface area contributed by atoms with E-state index >= 15 is 0 Å². The molecule has 0 aliphatic heterocycles. The van der Waals surface area contributed by atoms with E-state index in [1.165, 1.54) is 4.90 Å². The van der Waals surface area contributed by atoms with E-state index in [1.54, 1.807) is 24.5 Å². The Morgan fingerprint density at radius 1 is 1.58 bits per heavy atom. The third-order valence-electron chi connectivity index (χ3n) is 2.68. The van der Waals surface area contributed by atoms with Crippen molar-refractivity contribution < 1.29 is 14.7 Å². The number of carboxylic acids is 1. The average Bonchev–Trinajstić information content (AvgIpc) is 2.88. The third-order valence-corrected chi connectivity index (χ3v) is 3.52. The fourth-order valence-electron chi connectivity index (χ4n) is 1.53. The van der Waals surface area contributed by atoms with Crippen molar-refractivity contribution in [2.45, 2.75) is 20.3 Å². The normalized spacial score (nSPS) is 11.9. The summed E-state index contributed by atoms with van der Waals surface area (Å²) in [6, 6.07) is -0.229. The third kappa shape index (κ3) is 5.25. The minimum absolute atomic E-state index is 0.217. The molecule has 6 nitrogen and oxygen atoms in total. The number of thiazole rings is 1. The summed E-state index contributed by atoms with van der Waals surface area (Å²) in [6.07, 6.45) is 2.42. The Morgan fingerprint density at radius 2 is 2.32 bits per heavy atom. The molecule has 1 aromatic heterocycles. The molecule has 2 amide bonds. The van der Waals surface area contributed by atoms with E-state index in [9.17, 15) is 9.59 Å². The van der Waals surface area contributed by atoms with Crippen LogP contribution in [0.4, 0.5) is 4.79 Å². The van der Waals surface area contributed by atoms with Gasteiger partial charge < -0.3 is 15.3 Å². The molecule has 106 valence electrons. The van der Waals surface area contributed by atoms with Crippen molar-refractivity contribution in [3.8, 4) is 0 Å². The average molecular weight is 285 g/mol. The minimum Gasteiger partial charge on any atom is -0.481 e. The highest BCUT2D eigenvalue weighted by molar-refractivity contribution is 7.09. The molecule has 1 aromatic rings. The van der Waals surface area contributed by atoms with E-state index in [-0.39, 0.29) is 12.6 Å². The summed E-state index contributed by atoms with van der Waals surface area (Å²) >= 11 is 1.55. The highest BCUT2D eigenvalue weighted by Crippen LogP contribution is 2.04. The second-order valence-corrected chi connectivity index (χ2v) is 5.16. The van der Waals surface area contributed by atoms with Crippen molar-refractivity contribution in [2.75, 3.05) is 19.6 Å². The lowest BCUT2D eigenvalue weighted by Crippen LogP contribution is -2.43. The Labute approximate surface area is 116 Å². The van der Waals surface area contributed by atoms with Gasteiger partial charge in [0.15, 0.2) is 0 Å². The summed E-state index contributed by atoms with van der Waals surface area (Å²) in [5.41, 5.74) is 0. The van der Waals surface area contributed by atoms with Crippen LogP contribution >= 0.6 is 11.3 Å². The van der Waals surface area contributed by atoms with Gasteiger partial charge in [0.25, 0.3) is 0 Å². The molecule has 1 unspecified atom stereocenters. The number of carbonyl (C=O) groups excluding carboxylic acids is 1. The van der Waals surface area contributed by atoms with Crippen LogP contribution in [-0.4, -0.2) is 46.6 Å². The van der Waals surface area contributed by atoms with E-state index < -0.39 is 11.9 Å². The molecule has 1 atom stereocenters. The molecule has 1 heterocycles. The monoisotopic (exact) mass is 285 g/mol. The number of urea groups is 1. The van der Waals surface area contributed by atoms with Crippen LogP contribution in [0, 0.1) is 5.92 Å². The Morgan fingerprint density at radius 3 is 2.84 bits per heavy atom. The first-order valence-corrected chi connectivity index (χ1v) is 7.06. The molecular formula is C12H19N3O3S. The minimum atomic E-state index is -0.894. The lowest BCUT2D eigenvalue weighted by Gasteiger charge is -2.23. The van der Waals surface area contributed by atoms with Crippen LogP contribution in [0.25, 0.3) is 0 Å². The van der Waals surface area contributed by atoms with E-state index in [4.69, 9.17) is 5.11 Å². The maximum absolute atomic E-state index is 11.9. The van der Waals surface area contributed by atoms with Gasteiger partial charge in [-0.05, 0) is 6.92 Å². The predicted octanol–water partition coefficient (Wildman–Crippen LogP) is 1.44. The van der Waals surface area contributed by atoms with E-state index in [0.717, 1.165) is 5.01 Å². The topological polar surface area (TPSA) is 82.5 Å². The summed E-state index contributed by atoms with van der Waals surface area (Å²) in [6.45, 7) is 4.63. The van der Waals surface area contributed by atoms with Crippen LogP contribution < -0.4 is 5.32 Å². The van der Waals surface area contributed by atoms with Gasteiger partial charge in [-0.25, -0.2) is 9.78 Å². The SMILES string of the molecule is CCN(CC(C)C(=O)O)C(=O)NCCc1nccs1. The number of aromatic nitrogens is 1. The zero-order chi connectivity index (χ0) is 14.3. The lowest BCUT2D eigenvalue weighted by atomic mass is 10.2. The molecule has 0 saturated carbocycles. The fraction of sp³-hybridized carbons (Fsp3) is 0.583. The van der Waals surface area contributed by atoms with Crippen molar-refractivity contribution in [2.24, 2.45) is 5.92 Å². The number of carbonyl (C=O) groups is 2. The summed E-state index contributed by atoms with van der Waals surface area (Å²) < 4.78 is 0. The predicted molar refractivity (Wildman–Crippen MR) is 73.3 cm³/mol. The van der Waals surface area contributed by atoms with E-state index in [2.05, 4.69) is 10.3 Å². The van der Waals surface area contributed by atoms with E-state index in [1.807, 2.05) is 12.3 Å². The molecule has 7 heteroatoms. The number of amides is 2. The van der Waals surface area contributed by atoms with Crippen LogP contribution in [0.2, 0.25) is 0 Å². The van der Waals surface area contributed by atoms with Crippen molar-refractivity contribution in [1.82, 2.24) is 15.2 Å². The molecule has 1 rings (SSSR count). The molecule has 0 aliphatic rings. The van der Waals surface area contributed by atoms with E-state index in [0.29, 0.717) is 19.5 Å². The van der Waals surface area contributed by atoms with Crippen molar-refractivity contribution in [3.63, 3.8) is 0 Å². The van der Waals surface area contributed by atoms with Crippen LogP contribution in [-0.2, 0) is 11.2 Å². The summed E-state index contributed by atoms with van der Waals surface area (Å²) in [4.78, 5) is 28.3. The standard InChI is InChI=1S/C12H19N3O3S/c1-3-15(8-9(2)11(16)17)12(18)14-5-4-10-13-6-7-19-10/h6-7,9H,3-5,8H2,1-2H3,(H,14,18)(H,16,17). The quantitative estimate of drug-likeness (QED) is 0.794. The largest absolute Gasteiger partial charge is 0.481 e. The Kier molecular flexibility index (Phi) is 6.27. The van der Waals surface area contributed by atoms with Crippen LogP contribution in [0.5, 0.6) is 0 Å². The molecule has 0 aliphatic carbocycles. The van der Waals surface area contributed by atoms with Gasteiger partial charge in [-0.2, -0.15) is 0 Å². The van der Waals surface area contributed by atoms with Gasteiger partial charge in [0, 0.05) is 37.6 Å². The van der Waals surface area contributed by atoms with Crippen LogP contribution in [0.1, 0.15) is 18.9 Å². The number of nitrogens with one attached hydrogen (secondary N) is 1. The summed E-state index contributed by atoms with van der Waals surface area (Å²) in [7, 11) is 0. The molecular weight excluding hydrogens is 266 g/mol. The molecule has 0 radical (unpaired) electrons. The van der Waals surface area contributed by atoms with Crippen LogP contribution in [0.15, 0.2) is 11.6 Å². The lowest BCUT2D eigenvalue weighted by molar-refractivity contribution is -0.141. The first-order chi connectivity index (χ1) is 9.04. The van der Waals surface area contributed by atoms with Gasteiger partial charge in [-0.1, -0.05) is 6.92 Å². The Hall–Kier alpha value is -1.63. The summed E-state index contributed by atoms with van der Waals surface area (Å²) in [5, 5.41) is 14.5. The zero-order valence-corrected chi connectivity index (χ0v) is 11.9. The highest BCUT2D eigenvalue weighted by Gasteiger charge is 2.18. The van der Waals surface area contributed by atoms with Crippen molar-refractivity contribution in [3.05, 3.63) is 16.6 Å². The molecule has 0 spiro atoms. The Balaban J connectivity index is 2.34. The van der Waals surface area contributed by atoms with Gasteiger partial charge in [0.1, 0.15) is 0 Å². The fourth-order valence-corrected chi connectivity index (χ4v) is 2.15. The molecule has 0 saturated heterocycles. The van der Waals surface area contributed by atoms with Gasteiger partial charge in [-0.3, -0.25) is 4.79 Å². The number of rotatable bonds is 7. The van der Waals surface area contributed by atoms with Gasteiger partial charge in [0.2, 0.25) is 0 Å². The first kappa shape index (κ1) is 15.4. The van der Waals surface area contributed by atoms with Gasteiger partial charge >= 0.3 is 12.0 Å². The summed E-state index contributed by atoms with van der Waals surface area (Å²) in [5.74, 6) is -1.46. The smallest absolute Gasteiger partial charge is 0.317 e. The first-order valence-electron chi connectivity index (χ1n) is 6.18. The van der Waals surface area contributed by atoms with Crippen LogP contribution in [0.3, 0.4) is 0 Å². The molecule has 0 bridgehead atoms. The molecule has 2 N–H and O–H groups in total. The van der Waals surface area contributed by atoms with Gasteiger partial charge in [0.05, 0.1) is 10.9 Å². The maximum atomic E-state index is 11.9. The molecule has 0 aromatic carbocycles. The van der Waals surface area contributed by atoms with Gasteiger partial charge in [-0.15, -0.1) is 11.3 Å². The number of hydrogen-bond acceptors (Lipinski definition) is 4. The number of hydrogen-bond donors (Lipinski definition) is 2. The van der Waals surface area contributed by atoms with Crippen molar-refractivity contribution in [1.29, 1.82) is 0 Å². The highest BCUT2D eigenvalue weighted by atomic mass is 32.1. The molecule has 0 fully saturated rings. The number of carboxylic acid groups (broad SMARTS) is 1. The maximum Gasteiger partial charge on any atom is 0.317 e. The zero-order valence-electron chi connectivity index (χ0n) is 11.1. The number of aliphatic carboxylic acids is 1. The second kappa shape index (κ2) is 7.73. The second-order valence-electron chi connectivity index (χ2n) is 4.19. The van der Waals surface area contributed by atoms with Crippen molar-refractivity contribution >= 4 is 23.3 Å². The Bertz CT molecular complexity index is 408. The molecule has 19 heavy (non-hydrogen) atoms.